The van der Waals surface area contributed by atoms with Crippen LogP contribution in [0.4, 0.5) is 10.1 Å². The highest BCUT2D eigenvalue weighted by molar-refractivity contribution is 5.92. The highest BCUT2D eigenvalue weighted by atomic mass is 19.1. The van der Waals surface area contributed by atoms with E-state index in [1.807, 2.05) is 0 Å². The average Bonchev–Trinajstić information content (AvgIpc) is 2.19. The van der Waals surface area contributed by atoms with E-state index in [4.69, 9.17) is 0 Å². The molecule has 1 heterocycles. The zero-order valence-electron chi connectivity index (χ0n) is 8.29. The maximum Gasteiger partial charge on any atom is 0.224 e. The quantitative estimate of drug-likeness (QED) is 0.766. The van der Waals surface area contributed by atoms with Crippen LogP contribution in [0.1, 0.15) is 19.8 Å². The molecule has 0 aliphatic heterocycles. The Labute approximate surface area is 86.5 Å². The van der Waals surface area contributed by atoms with Gasteiger partial charge in [0, 0.05) is 12.8 Å². The van der Waals surface area contributed by atoms with E-state index in [2.05, 4.69) is 10.3 Å². The third-order valence-corrected chi connectivity index (χ3v) is 1.72. The van der Waals surface area contributed by atoms with Crippen LogP contribution in [0.5, 0.6) is 0 Å². The van der Waals surface area contributed by atoms with Gasteiger partial charge in [0.05, 0.1) is 11.9 Å². The minimum atomic E-state index is -0.600. The van der Waals surface area contributed by atoms with Crippen molar-refractivity contribution >= 4 is 17.4 Å². The maximum absolute atomic E-state index is 12.4. The number of nitrogens with one attached hydrogen (secondary N) is 1. The van der Waals surface area contributed by atoms with Crippen molar-refractivity contribution in [1.82, 2.24) is 4.98 Å². The largest absolute Gasteiger partial charge is 0.325 e. The molecule has 1 rings (SSSR count). The lowest BCUT2D eigenvalue weighted by molar-refractivity contribution is -0.121. The Morgan fingerprint density at radius 1 is 1.40 bits per heavy atom. The van der Waals surface area contributed by atoms with Crippen molar-refractivity contribution in [2.24, 2.45) is 0 Å². The van der Waals surface area contributed by atoms with Gasteiger partial charge in [0.2, 0.25) is 11.9 Å². The number of nitrogens with zero attached hydrogens (tertiary/aromatic N) is 1. The van der Waals surface area contributed by atoms with Gasteiger partial charge in [-0.1, -0.05) is 0 Å². The predicted molar refractivity (Wildman–Crippen MR) is 52.7 cm³/mol. The van der Waals surface area contributed by atoms with Crippen molar-refractivity contribution in [3.63, 3.8) is 0 Å². The molecule has 80 valence electrons. The molecule has 1 N–H and O–H groups in total. The van der Waals surface area contributed by atoms with Crippen LogP contribution in [-0.2, 0) is 9.59 Å². The minimum absolute atomic E-state index is 0.0395. The lowest BCUT2D eigenvalue weighted by Crippen LogP contribution is -2.12. The number of carbonyl (C=O) groups excluding carboxylic acids is 2. The number of anilines is 1. The summed E-state index contributed by atoms with van der Waals surface area (Å²) in [5.41, 5.74) is 0.421. The van der Waals surface area contributed by atoms with Crippen molar-refractivity contribution in [1.29, 1.82) is 0 Å². The Hall–Kier alpha value is -1.78. The van der Waals surface area contributed by atoms with Crippen LogP contribution < -0.4 is 5.32 Å². The summed E-state index contributed by atoms with van der Waals surface area (Å²) >= 11 is 0. The summed E-state index contributed by atoms with van der Waals surface area (Å²) < 4.78 is 12.4. The Kier molecular flexibility index (Phi) is 3.91. The topological polar surface area (TPSA) is 59.1 Å². The van der Waals surface area contributed by atoms with Gasteiger partial charge in [-0.05, 0) is 19.1 Å². The maximum atomic E-state index is 12.4. The van der Waals surface area contributed by atoms with Crippen LogP contribution in [0, 0.1) is 5.95 Å². The van der Waals surface area contributed by atoms with Crippen molar-refractivity contribution in [2.75, 3.05) is 5.32 Å². The SMILES string of the molecule is CC(=O)CCC(=O)Nc1ccc(F)nc1. The first-order valence-electron chi connectivity index (χ1n) is 4.49. The summed E-state index contributed by atoms with van der Waals surface area (Å²) in [6.45, 7) is 1.42. The summed E-state index contributed by atoms with van der Waals surface area (Å²) in [6.07, 6.45) is 1.56. The highest BCUT2D eigenvalue weighted by Gasteiger charge is 2.04. The molecule has 0 unspecified atom stereocenters. The second-order valence-electron chi connectivity index (χ2n) is 3.12. The van der Waals surface area contributed by atoms with Gasteiger partial charge in [-0.3, -0.25) is 4.79 Å². The van der Waals surface area contributed by atoms with Crippen LogP contribution in [0.3, 0.4) is 0 Å². The third kappa shape index (κ3) is 4.30. The summed E-state index contributed by atoms with van der Waals surface area (Å²) in [4.78, 5) is 25.2. The van der Waals surface area contributed by atoms with Gasteiger partial charge in [-0.25, -0.2) is 4.98 Å². The number of rotatable bonds is 4. The van der Waals surface area contributed by atoms with Crippen molar-refractivity contribution in [3.05, 3.63) is 24.3 Å². The van der Waals surface area contributed by atoms with Crippen LogP contribution in [-0.4, -0.2) is 16.7 Å². The molecule has 15 heavy (non-hydrogen) atoms. The third-order valence-electron chi connectivity index (χ3n) is 1.72. The molecule has 1 aromatic heterocycles. The zero-order chi connectivity index (χ0) is 11.3. The molecule has 1 amide bonds. The molecule has 1 aromatic rings. The molecule has 0 saturated heterocycles. The first kappa shape index (κ1) is 11.3. The molecular weight excluding hydrogens is 199 g/mol. The van der Waals surface area contributed by atoms with Gasteiger partial charge in [0.15, 0.2) is 0 Å². The van der Waals surface area contributed by atoms with E-state index in [1.54, 1.807) is 0 Å². The Morgan fingerprint density at radius 2 is 2.13 bits per heavy atom. The molecule has 0 saturated carbocycles. The molecule has 0 bridgehead atoms. The van der Waals surface area contributed by atoms with Gasteiger partial charge in [0.1, 0.15) is 5.78 Å². The predicted octanol–water partition coefficient (Wildman–Crippen LogP) is 1.53. The molecule has 5 heteroatoms. The fourth-order valence-corrected chi connectivity index (χ4v) is 0.963. The highest BCUT2D eigenvalue weighted by Crippen LogP contribution is 2.06. The fraction of sp³-hybridized carbons (Fsp3) is 0.300. The van der Waals surface area contributed by atoms with E-state index in [-0.39, 0.29) is 24.5 Å². The van der Waals surface area contributed by atoms with E-state index in [0.29, 0.717) is 5.69 Å². The summed E-state index contributed by atoms with van der Waals surface area (Å²) in [7, 11) is 0. The summed E-state index contributed by atoms with van der Waals surface area (Å²) in [5, 5.41) is 2.50. The Morgan fingerprint density at radius 3 is 2.67 bits per heavy atom. The zero-order valence-corrected chi connectivity index (χ0v) is 8.29. The minimum Gasteiger partial charge on any atom is -0.325 e. The van der Waals surface area contributed by atoms with Gasteiger partial charge in [-0.15, -0.1) is 0 Å². The van der Waals surface area contributed by atoms with Crippen LogP contribution in [0.2, 0.25) is 0 Å². The second-order valence-corrected chi connectivity index (χ2v) is 3.12. The molecule has 0 aromatic carbocycles. The molecule has 4 nitrogen and oxygen atoms in total. The van der Waals surface area contributed by atoms with E-state index in [0.717, 1.165) is 6.07 Å². The van der Waals surface area contributed by atoms with Crippen molar-refractivity contribution < 1.29 is 14.0 Å². The van der Waals surface area contributed by atoms with Crippen LogP contribution in [0.25, 0.3) is 0 Å². The van der Waals surface area contributed by atoms with E-state index < -0.39 is 5.95 Å². The smallest absolute Gasteiger partial charge is 0.224 e. The van der Waals surface area contributed by atoms with Crippen LogP contribution >= 0.6 is 0 Å². The number of carbonyl (C=O) groups is 2. The molecular formula is C10H11FN2O2. The number of halogens is 1. The summed E-state index contributed by atoms with van der Waals surface area (Å²) in [5.74, 6) is -0.919. The van der Waals surface area contributed by atoms with Gasteiger partial charge in [-0.2, -0.15) is 4.39 Å². The molecule has 0 radical (unpaired) electrons. The fourth-order valence-electron chi connectivity index (χ4n) is 0.963. The lowest BCUT2D eigenvalue weighted by atomic mass is 10.2. The number of ketones is 1. The first-order chi connectivity index (χ1) is 7.08. The van der Waals surface area contributed by atoms with Gasteiger partial charge in [0.25, 0.3) is 0 Å². The Bertz CT molecular complexity index is 362. The van der Waals surface area contributed by atoms with Crippen LogP contribution in [0.15, 0.2) is 18.3 Å². The molecule has 0 spiro atoms. The first-order valence-corrected chi connectivity index (χ1v) is 4.49. The number of hydrogen-bond donors (Lipinski definition) is 1. The van der Waals surface area contributed by atoms with Gasteiger partial charge < -0.3 is 10.1 Å². The standard InChI is InChI=1S/C10H11FN2O2/c1-7(14)2-5-10(15)13-8-3-4-9(11)12-6-8/h3-4,6H,2,5H2,1H3,(H,13,15). The lowest BCUT2D eigenvalue weighted by Gasteiger charge is -2.02. The van der Waals surface area contributed by atoms with E-state index in [9.17, 15) is 14.0 Å². The van der Waals surface area contributed by atoms with Crippen molar-refractivity contribution in [3.8, 4) is 0 Å². The number of Topliss-reactive ketones (excluding diaryl/α,β-unsaturated/α-hetero) is 1. The van der Waals surface area contributed by atoms with Gasteiger partial charge >= 0.3 is 0 Å². The van der Waals surface area contributed by atoms with E-state index in [1.165, 1.54) is 19.2 Å². The van der Waals surface area contributed by atoms with Crippen molar-refractivity contribution in [2.45, 2.75) is 19.8 Å². The molecule has 0 fully saturated rings. The Balaban J connectivity index is 2.44. The molecule has 0 atom stereocenters. The number of pyridine rings is 1. The number of aromatic nitrogens is 1. The second kappa shape index (κ2) is 5.19. The monoisotopic (exact) mass is 210 g/mol. The van der Waals surface area contributed by atoms with E-state index >= 15 is 0 Å². The average molecular weight is 210 g/mol. The number of hydrogen-bond acceptors (Lipinski definition) is 3. The molecule has 0 aliphatic carbocycles. The number of amides is 1. The summed E-state index contributed by atoms with van der Waals surface area (Å²) in [6, 6.07) is 2.56. The molecule has 0 aliphatic rings. The normalized spacial score (nSPS) is 9.73.